The molecule has 0 aliphatic carbocycles. The van der Waals surface area contributed by atoms with E-state index in [-0.39, 0.29) is 35.4 Å². The lowest BCUT2D eigenvalue weighted by Crippen LogP contribution is -2.67. The summed E-state index contributed by atoms with van der Waals surface area (Å²) in [5, 5.41) is 16.2. The van der Waals surface area contributed by atoms with Gasteiger partial charge in [0.05, 0.1) is 24.5 Å². The molecule has 262 valence electrons. The highest BCUT2D eigenvalue weighted by Crippen LogP contribution is 2.50. The molecule has 9 nitrogen and oxygen atoms in total. The molecule has 6 rings (SSSR count). The predicted molar refractivity (Wildman–Crippen MR) is 204 cm³/mol. The molecule has 1 aromatic heterocycles. The molecule has 2 heterocycles. The number of Topliss-reactive ketones (excluding diaryl/α,β-unsaturated/α-hetero) is 1. The predicted octanol–water partition coefficient (Wildman–Crippen LogP) is 5.32. The third-order valence-corrected chi connectivity index (χ3v) is 13.1. The van der Waals surface area contributed by atoms with Crippen LogP contribution in [0.3, 0.4) is 0 Å². The Kier molecular flexibility index (Phi) is 11.0. The molecule has 1 aliphatic rings. The second-order valence-corrected chi connectivity index (χ2v) is 15.6. The maximum Gasteiger partial charge on any atom is 0.316 e. The number of ketones is 1. The molecular weight excluding hydrogens is 673 g/mol. The molecule has 5 aromatic rings. The molecule has 3 unspecified atom stereocenters. The SMILES string of the molecule is C=CCC(=O)OC(N1C(=O)C(C(C)O)C1CC(=O)c1cccc(C(=O)Nc2ccncc2)c1)=P(c1ccccc1)(c1ccccc1)c1ccccc1. The van der Waals surface area contributed by atoms with Crippen molar-refractivity contribution in [1.29, 1.82) is 0 Å². The van der Waals surface area contributed by atoms with Gasteiger partial charge in [-0.25, -0.2) is 0 Å². The van der Waals surface area contributed by atoms with Gasteiger partial charge in [-0.15, -0.1) is 6.58 Å². The quantitative estimate of drug-likeness (QED) is 0.0558. The largest absolute Gasteiger partial charge is 0.408 e. The number of carbonyl (C=O) groups is 4. The number of nitrogens with zero attached hydrogens (tertiary/aromatic N) is 2. The lowest BCUT2D eigenvalue weighted by Gasteiger charge is -2.50. The van der Waals surface area contributed by atoms with E-state index in [1.54, 1.807) is 42.7 Å². The Labute approximate surface area is 302 Å². The van der Waals surface area contributed by atoms with E-state index < -0.39 is 42.7 Å². The first-order valence-corrected chi connectivity index (χ1v) is 18.7. The van der Waals surface area contributed by atoms with Crippen LogP contribution in [0.25, 0.3) is 0 Å². The van der Waals surface area contributed by atoms with Gasteiger partial charge in [-0.1, -0.05) is 109 Å². The van der Waals surface area contributed by atoms with E-state index in [2.05, 4.69) is 16.9 Å². The highest BCUT2D eigenvalue weighted by Gasteiger charge is 2.55. The van der Waals surface area contributed by atoms with Gasteiger partial charge < -0.3 is 15.2 Å². The number of ether oxygens (including phenoxy) is 1. The van der Waals surface area contributed by atoms with Crippen LogP contribution >= 0.6 is 6.89 Å². The lowest BCUT2D eigenvalue weighted by molar-refractivity contribution is -0.157. The number of hydrogen-bond donors (Lipinski definition) is 2. The second-order valence-electron chi connectivity index (χ2n) is 12.4. The van der Waals surface area contributed by atoms with Crippen molar-refractivity contribution in [2.24, 2.45) is 5.92 Å². The fraction of sp³-hybridized carbons (Fsp3) is 0.143. The third-order valence-electron chi connectivity index (χ3n) is 9.01. The van der Waals surface area contributed by atoms with Gasteiger partial charge in [0.1, 0.15) is 0 Å². The van der Waals surface area contributed by atoms with Crippen LogP contribution in [-0.4, -0.2) is 56.3 Å². The first-order valence-electron chi connectivity index (χ1n) is 16.9. The number of esters is 1. The average Bonchev–Trinajstić information content (AvgIpc) is 3.16. The first-order chi connectivity index (χ1) is 25.2. The highest BCUT2D eigenvalue weighted by molar-refractivity contribution is 7.95. The fourth-order valence-electron chi connectivity index (χ4n) is 6.60. The Morgan fingerprint density at radius 1 is 0.846 bits per heavy atom. The van der Waals surface area contributed by atoms with E-state index in [1.165, 1.54) is 24.0 Å². The Hall–Kier alpha value is -5.89. The summed E-state index contributed by atoms with van der Waals surface area (Å²) < 4.78 is 6.36. The molecule has 0 saturated carbocycles. The second kappa shape index (κ2) is 16.0. The average molecular weight is 712 g/mol. The summed E-state index contributed by atoms with van der Waals surface area (Å²) in [6, 6.07) is 37.6. The van der Waals surface area contributed by atoms with Crippen LogP contribution in [0, 0.1) is 5.92 Å². The van der Waals surface area contributed by atoms with E-state index in [4.69, 9.17) is 4.74 Å². The van der Waals surface area contributed by atoms with Crippen molar-refractivity contribution < 1.29 is 29.0 Å². The Morgan fingerprint density at radius 2 is 1.38 bits per heavy atom. The number of aromatic nitrogens is 1. The molecule has 1 saturated heterocycles. The maximum atomic E-state index is 14.4. The van der Waals surface area contributed by atoms with Crippen LogP contribution in [0.4, 0.5) is 5.69 Å². The fourth-order valence-corrected chi connectivity index (χ4v) is 10.8. The van der Waals surface area contributed by atoms with E-state index in [1.807, 2.05) is 91.0 Å². The number of anilines is 1. The van der Waals surface area contributed by atoms with Crippen LogP contribution in [0.15, 0.2) is 152 Å². The van der Waals surface area contributed by atoms with Crippen LogP contribution < -0.4 is 21.2 Å². The van der Waals surface area contributed by atoms with Gasteiger partial charge in [0, 0.05) is 42.5 Å². The Morgan fingerprint density at radius 3 is 1.90 bits per heavy atom. The molecule has 52 heavy (non-hydrogen) atoms. The normalized spacial score (nSPS) is 15.9. The van der Waals surface area contributed by atoms with Crippen molar-refractivity contribution in [3.63, 3.8) is 0 Å². The number of pyridine rings is 1. The highest BCUT2D eigenvalue weighted by atomic mass is 31.2. The van der Waals surface area contributed by atoms with E-state index in [0.717, 1.165) is 15.9 Å². The number of aliphatic hydroxyl groups excluding tert-OH is 1. The topological polar surface area (TPSA) is 126 Å². The smallest absolute Gasteiger partial charge is 0.316 e. The number of likely N-dealkylation sites (tertiary alicyclic amines) is 1. The summed E-state index contributed by atoms with van der Waals surface area (Å²) in [7, 11) is 0. The first kappa shape index (κ1) is 35.9. The van der Waals surface area contributed by atoms with Crippen LogP contribution in [0.1, 0.15) is 40.5 Å². The molecular formula is C42H38N3O6P. The van der Waals surface area contributed by atoms with Crippen LogP contribution in [-0.2, 0) is 14.3 Å². The van der Waals surface area contributed by atoms with Gasteiger partial charge in [0.2, 0.25) is 11.5 Å². The number of β-lactam (4-membered cyclic amide) rings is 1. The molecule has 2 N–H and O–H groups in total. The third kappa shape index (κ3) is 7.15. The summed E-state index contributed by atoms with van der Waals surface area (Å²) >= 11 is 0. The van der Waals surface area contributed by atoms with Crippen molar-refractivity contribution in [2.75, 3.05) is 5.32 Å². The van der Waals surface area contributed by atoms with Crippen molar-refractivity contribution in [3.8, 4) is 0 Å². The summed E-state index contributed by atoms with van der Waals surface area (Å²) in [4.78, 5) is 60.5. The summed E-state index contributed by atoms with van der Waals surface area (Å²) in [5.74, 6) is -2.81. The minimum atomic E-state index is -3.17. The summed E-state index contributed by atoms with van der Waals surface area (Å²) in [6.07, 6.45) is 3.11. The van der Waals surface area contributed by atoms with Crippen LogP contribution in [0.2, 0.25) is 0 Å². The van der Waals surface area contributed by atoms with Gasteiger partial charge in [0.15, 0.2) is 5.78 Å². The number of hydrogen-bond acceptors (Lipinski definition) is 7. The minimum absolute atomic E-state index is 0.105. The molecule has 1 fully saturated rings. The molecule has 2 amide bonds. The van der Waals surface area contributed by atoms with E-state index in [0.29, 0.717) is 5.69 Å². The maximum absolute atomic E-state index is 14.4. The van der Waals surface area contributed by atoms with Gasteiger partial charge in [0.25, 0.3) is 5.91 Å². The van der Waals surface area contributed by atoms with E-state index >= 15 is 0 Å². The van der Waals surface area contributed by atoms with Gasteiger partial charge >= 0.3 is 5.97 Å². The molecule has 3 atom stereocenters. The number of amides is 2. The van der Waals surface area contributed by atoms with Gasteiger partial charge in [-0.05, 0) is 47.1 Å². The van der Waals surface area contributed by atoms with Gasteiger partial charge in [-0.3, -0.25) is 29.1 Å². The molecule has 0 bridgehead atoms. The zero-order chi connectivity index (χ0) is 36.7. The standard InChI is InChI=1S/C42H38N3O6P/c1-3-14-38(48)51-42(52(33-17-7-4-8-18-33,34-19-9-5-10-20-34)35-21-11-6-12-22-35)45-36(39(29(2)46)41(45)50)28-37(47)30-15-13-16-31(27-30)40(49)44-32-23-25-43-26-24-32/h3-13,15-27,29,36,39,46H,1,14,28H2,2H3,(H,43,44,49). The van der Waals surface area contributed by atoms with Crippen LogP contribution in [0.5, 0.6) is 0 Å². The zero-order valence-corrected chi connectivity index (χ0v) is 29.4. The van der Waals surface area contributed by atoms with Crippen molar-refractivity contribution in [3.05, 3.63) is 164 Å². The van der Waals surface area contributed by atoms with Crippen molar-refractivity contribution >= 4 is 57.7 Å². The number of nitrogens with one attached hydrogen (secondary N) is 1. The molecule has 1 aliphatic heterocycles. The molecule has 0 spiro atoms. The van der Waals surface area contributed by atoms with Crippen molar-refractivity contribution in [2.45, 2.75) is 31.9 Å². The minimum Gasteiger partial charge on any atom is -0.408 e. The number of benzene rings is 4. The Bertz CT molecular complexity index is 2040. The molecule has 4 aromatic carbocycles. The zero-order valence-electron chi connectivity index (χ0n) is 28.5. The number of aliphatic hydroxyl groups is 1. The summed E-state index contributed by atoms with van der Waals surface area (Å²) in [5.41, 5.74) is 1.18. The lowest BCUT2D eigenvalue weighted by atomic mass is 9.80. The molecule has 0 radical (unpaired) electrons. The molecule has 10 heteroatoms. The van der Waals surface area contributed by atoms with Crippen molar-refractivity contribution in [1.82, 2.24) is 9.88 Å². The Balaban J connectivity index is 1.52. The monoisotopic (exact) mass is 711 g/mol. The number of rotatable bonds is 13. The number of carbonyl (C=O) groups excluding carboxylic acids is 4. The summed E-state index contributed by atoms with van der Waals surface area (Å²) in [6.45, 7) is 2.06. The van der Waals surface area contributed by atoms with E-state index in [9.17, 15) is 24.3 Å². The van der Waals surface area contributed by atoms with Gasteiger partial charge in [-0.2, -0.15) is 0 Å².